The highest BCUT2D eigenvalue weighted by atomic mass is 79.9. The minimum Gasteiger partial charge on any atom is -0.301 e. The van der Waals surface area contributed by atoms with E-state index in [0.29, 0.717) is 6.04 Å². The second-order valence-electron chi connectivity index (χ2n) is 4.79. The van der Waals surface area contributed by atoms with Gasteiger partial charge in [0.2, 0.25) is 0 Å². The van der Waals surface area contributed by atoms with Crippen molar-refractivity contribution in [2.45, 2.75) is 38.8 Å². The van der Waals surface area contributed by atoms with Crippen molar-refractivity contribution >= 4 is 15.9 Å². The molecule has 0 unspecified atom stereocenters. The van der Waals surface area contributed by atoms with Gasteiger partial charge < -0.3 is 4.90 Å². The van der Waals surface area contributed by atoms with E-state index in [1.807, 2.05) is 0 Å². The maximum Gasteiger partial charge on any atom is 0.0293 e. The SMILES string of the molecule is C=C(Br)CN(C)C1CCN(C(C)C)CC1. The lowest BCUT2D eigenvalue weighted by Gasteiger charge is -2.38. The predicted molar refractivity (Wildman–Crippen MR) is 70.4 cm³/mol. The number of likely N-dealkylation sites (tertiary alicyclic amines) is 1. The Kier molecular flexibility index (Phi) is 5.30. The van der Waals surface area contributed by atoms with Gasteiger partial charge in [0.25, 0.3) is 0 Å². The molecule has 1 fully saturated rings. The predicted octanol–water partition coefficient (Wildman–Crippen LogP) is 2.70. The summed E-state index contributed by atoms with van der Waals surface area (Å²) in [6, 6.07) is 1.43. The smallest absolute Gasteiger partial charge is 0.0293 e. The number of nitrogens with zero attached hydrogens (tertiary/aromatic N) is 2. The Balaban J connectivity index is 2.33. The van der Waals surface area contributed by atoms with Crippen molar-refractivity contribution in [1.82, 2.24) is 9.80 Å². The molecule has 3 heteroatoms. The first kappa shape index (κ1) is 13.2. The van der Waals surface area contributed by atoms with Gasteiger partial charge in [-0.25, -0.2) is 0 Å². The van der Waals surface area contributed by atoms with Gasteiger partial charge in [0, 0.05) is 23.1 Å². The average Bonchev–Trinajstić information content (AvgIpc) is 2.17. The van der Waals surface area contributed by atoms with Crippen molar-refractivity contribution in [3.05, 3.63) is 11.1 Å². The maximum atomic E-state index is 3.90. The quantitative estimate of drug-likeness (QED) is 0.778. The van der Waals surface area contributed by atoms with E-state index in [4.69, 9.17) is 0 Å². The summed E-state index contributed by atoms with van der Waals surface area (Å²) >= 11 is 3.43. The zero-order chi connectivity index (χ0) is 11.4. The van der Waals surface area contributed by atoms with Crippen molar-refractivity contribution in [3.63, 3.8) is 0 Å². The summed E-state index contributed by atoms with van der Waals surface area (Å²) in [6.45, 7) is 11.9. The molecule has 0 radical (unpaired) electrons. The van der Waals surface area contributed by atoms with E-state index in [1.165, 1.54) is 25.9 Å². The number of hydrogen-bond donors (Lipinski definition) is 0. The Bertz CT molecular complexity index is 208. The molecule has 0 aromatic rings. The van der Waals surface area contributed by atoms with Crippen molar-refractivity contribution in [3.8, 4) is 0 Å². The lowest BCUT2D eigenvalue weighted by molar-refractivity contribution is 0.114. The van der Waals surface area contributed by atoms with Crippen LogP contribution in [0.25, 0.3) is 0 Å². The summed E-state index contributed by atoms with van der Waals surface area (Å²) in [6.07, 6.45) is 2.57. The van der Waals surface area contributed by atoms with Gasteiger partial charge in [-0.05, 0) is 46.8 Å². The normalized spacial score (nSPS) is 20.1. The highest BCUT2D eigenvalue weighted by molar-refractivity contribution is 9.11. The number of hydrogen-bond acceptors (Lipinski definition) is 2. The van der Waals surface area contributed by atoms with Gasteiger partial charge in [-0.3, -0.25) is 4.90 Å². The van der Waals surface area contributed by atoms with E-state index < -0.39 is 0 Å². The zero-order valence-corrected chi connectivity index (χ0v) is 11.8. The van der Waals surface area contributed by atoms with Crippen LogP contribution in [0.1, 0.15) is 26.7 Å². The third kappa shape index (κ3) is 4.25. The first-order chi connectivity index (χ1) is 7.00. The topological polar surface area (TPSA) is 6.48 Å². The number of rotatable bonds is 4. The van der Waals surface area contributed by atoms with Crippen LogP contribution in [0.4, 0.5) is 0 Å². The monoisotopic (exact) mass is 274 g/mol. The molecule has 1 aliphatic rings. The second-order valence-corrected chi connectivity index (χ2v) is 5.91. The molecule has 0 aromatic heterocycles. The van der Waals surface area contributed by atoms with Gasteiger partial charge in [-0.15, -0.1) is 0 Å². The van der Waals surface area contributed by atoms with Crippen LogP contribution < -0.4 is 0 Å². The summed E-state index contributed by atoms with van der Waals surface area (Å²) in [4.78, 5) is 4.97. The molecule has 0 atom stereocenters. The highest BCUT2D eigenvalue weighted by Crippen LogP contribution is 2.18. The third-order valence-corrected chi connectivity index (χ3v) is 3.52. The minimum atomic E-state index is 0.697. The Morgan fingerprint density at radius 2 is 2.00 bits per heavy atom. The molecule has 2 nitrogen and oxygen atoms in total. The average molecular weight is 275 g/mol. The van der Waals surface area contributed by atoms with Crippen molar-refractivity contribution < 1.29 is 0 Å². The third-order valence-electron chi connectivity index (χ3n) is 3.27. The Hall–Kier alpha value is 0.140. The van der Waals surface area contributed by atoms with Crippen molar-refractivity contribution in [2.24, 2.45) is 0 Å². The van der Waals surface area contributed by atoms with Crippen LogP contribution in [0.3, 0.4) is 0 Å². The first-order valence-electron chi connectivity index (χ1n) is 5.78. The molecule has 88 valence electrons. The molecule has 15 heavy (non-hydrogen) atoms. The summed E-state index contributed by atoms with van der Waals surface area (Å²) in [5.74, 6) is 0. The Morgan fingerprint density at radius 3 is 2.40 bits per heavy atom. The van der Waals surface area contributed by atoms with E-state index in [9.17, 15) is 0 Å². The van der Waals surface area contributed by atoms with Crippen LogP contribution in [0.15, 0.2) is 11.1 Å². The first-order valence-corrected chi connectivity index (χ1v) is 6.57. The van der Waals surface area contributed by atoms with E-state index in [1.54, 1.807) is 0 Å². The standard InChI is InChI=1S/C12H23BrN2/c1-10(2)15-7-5-12(6-8-15)14(4)9-11(3)13/h10,12H,3,5-9H2,1-2,4H3. The lowest BCUT2D eigenvalue weighted by atomic mass is 10.0. The summed E-state index contributed by atoms with van der Waals surface area (Å²) in [5, 5.41) is 0. The van der Waals surface area contributed by atoms with Gasteiger partial charge in [-0.2, -0.15) is 0 Å². The molecule has 0 aromatic carbocycles. The molecular weight excluding hydrogens is 252 g/mol. The van der Waals surface area contributed by atoms with Gasteiger partial charge in [0.05, 0.1) is 0 Å². The summed E-state index contributed by atoms with van der Waals surface area (Å²) < 4.78 is 1.08. The molecule has 1 aliphatic heterocycles. The van der Waals surface area contributed by atoms with Gasteiger partial charge in [0.1, 0.15) is 0 Å². The second kappa shape index (κ2) is 6.02. The largest absolute Gasteiger partial charge is 0.301 e. The van der Waals surface area contributed by atoms with E-state index in [2.05, 4.69) is 53.2 Å². The fourth-order valence-electron chi connectivity index (χ4n) is 2.24. The molecule has 0 N–H and O–H groups in total. The van der Waals surface area contributed by atoms with Crippen LogP contribution in [-0.2, 0) is 0 Å². The minimum absolute atomic E-state index is 0.697. The number of likely N-dealkylation sites (N-methyl/N-ethyl adjacent to an activating group) is 1. The van der Waals surface area contributed by atoms with Crippen LogP contribution in [0.5, 0.6) is 0 Å². The van der Waals surface area contributed by atoms with Crippen LogP contribution in [-0.4, -0.2) is 48.6 Å². The van der Waals surface area contributed by atoms with Crippen molar-refractivity contribution in [2.75, 3.05) is 26.7 Å². The Labute approximate surface area is 102 Å². The molecule has 0 spiro atoms. The molecule has 0 aliphatic carbocycles. The maximum absolute atomic E-state index is 3.90. The van der Waals surface area contributed by atoms with Crippen LogP contribution in [0.2, 0.25) is 0 Å². The molecule has 1 rings (SSSR count). The van der Waals surface area contributed by atoms with Crippen molar-refractivity contribution in [1.29, 1.82) is 0 Å². The molecular formula is C12H23BrN2. The lowest BCUT2D eigenvalue weighted by Crippen LogP contribution is -2.45. The summed E-state index contributed by atoms with van der Waals surface area (Å²) in [5.41, 5.74) is 0. The van der Waals surface area contributed by atoms with Gasteiger partial charge >= 0.3 is 0 Å². The fourth-order valence-corrected chi connectivity index (χ4v) is 2.64. The Morgan fingerprint density at radius 1 is 1.47 bits per heavy atom. The van der Waals surface area contributed by atoms with Gasteiger partial charge in [0.15, 0.2) is 0 Å². The van der Waals surface area contributed by atoms with E-state index >= 15 is 0 Å². The molecule has 0 saturated carbocycles. The van der Waals surface area contributed by atoms with E-state index in [-0.39, 0.29) is 0 Å². The van der Waals surface area contributed by atoms with Gasteiger partial charge in [-0.1, -0.05) is 22.5 Å². The van der Waals surface area contributed by atoms with Crippen LogP contribution in [0, 0.1) is 0 Å². The molecule has 0 amide bonds. The molecule has 1 saturated heterocycles. The van der Waals surface area contributed by atoms with E-state index in [0.717, 1.165) is 17.1 Å². The number of piperidine rings is 1. The molecule has 1 heterocycles. The highest BCUT2D eigenvalue weighted by Gasteiger charge is 2.23. The summed E-state index contributed by atoms with van der Waals surface area (Å²) in [7, 11) is 2.20. The van der Waals surface area contributed by atoms with Crippen LogP contribution >= 0.6 is 15.9 Å². The number of halogens is 1. The fraction of sp³-hybridized carbons (Fsp3) is 0.833. The molecule has 0 bridgehead atoms. The zero-order valence-electron chi connectivity index (χ0n) is 10.2.